The van der Waals surface area contributed by atoms with Crippen molar-refractivity contribution in [3.8, 4) is 11.3 Å². The van der Waals surface area contributed by atoms with E-state index in [0.29, 0.717) is 0 Å². The molecular formula is C11H8F3NO2. The van der Waals surface area contributed by atoms with Gasteiger partial charge < -0.3 is 9.63 Å². The third kappa shape index (κ3) is 2.16. The van der Waals surface area contributed by atoms with Crippen molar-refractivity contribution in [2.24, 2.45) is 0 Å². The van der Waals surface area contributed by atoms with E-state index in [4.69, 9.17) is 4.52 Å². The zero-order valence-electron chi connectivity index (χ0n) is 8.75. The summed E-state index contributed by atoms with van der Waals surface area (Å²) in [5, 5.41) is 12.7. The minimum Gasteiger partial charge on any atom is -0.385 e. The number of hydrogen-bond donors (Lipinski definition) is 1. The number of nitrogens with zero attached hydrogens (tertiary/aromatic N) is 1. The molecule has 3 nitrogen and oxygen atoms in total. The summed E-state index contributed by atoms with van der Waals surface area (Å²) in [5.41, 5.74) is 0.163. The van der Waals surface area contributed by atoms with Crippen LogP contribution in [-0.2, 0) is 0 Å². The molecule has 1 atom stereocenters. The van der Waals surface area contributed by atoms with E-state index in [2.05, 4.69) is 5.16 Å². The molecule has 17 heavy (non-hydrogen) atoms. The van der Waals surface area contributed by atoms with Gasteiger partial charge in [-0.25, -0.2) is 13.2 Å². The van der Waals surface area contributed by atoms with Crippen molar-refractivity contribution in [2.75, 3.05) is 0 Å². The lowest BCUT2D eigenvalue weighted by Gasteiger charge is -1.98. The van der Waals surface area contributed by atoms with Crippen LogP contribution in [0, 0.1) is 17.5 Å². The van der Waals surface area contributed by atoms with Gasteiger partial charge in [0.2, 0.25) is 0 Å². The second-order valence-corrected chi connectivity index (χ2v) is 3.54. The Kier molecular flexibility index (Phi) is 2.89. The van der Waals surface area contributed by atoms with Crippen LogP contribution in [0.15, 0.2) is 22.7 Å². The van der Waals surface area contributed by atoms with E-state index in [-0.39, 0.29) is 17.0 Å². The summed E-state index contributed by atoms with van der Waals surface area (Å²) < 4.78 is 43.4. The summed E-state index contributed by atoms with van der Waals surface area (Å²) >= 11 is 0. The minimum atomic E-state index is -1.53. The molecule has 0 aliphatic carbocycles. The molecule has 1 unspecified atom stereocenters. The molecule has 0 bridgehead atoms. The number of benzene rings is 1. The maximum absolute atomic E-state index is 13.0. The first-order chi connectivity index (χ1) is 7.99. The topological polar surface area (TPSA) is 46.3 Å². The molecule has 0 saturated carbocycles. The van der Waals surface area contributed by atoms with Crippen molar-refractivity contribution < 1.29 is 22.8 Å². The standard InChI is InChI=1S/C11H8F3NO2/c1-5(16)10-4-9(15-17-10)6-2-7(12)11(14)8(13)3-6/h2-5,16H,1H3. The fourth-order valence-electron chi connectivity index (χ4n) is 1.33. The van der Waals surface area contributed by atoms with E-state index in [9.17, 15) is 18.3 Å². The van der Waals surface area contributed by atoms with E-state index in [1.807, 2.05) is 0 Å². The highest BCUT2D eigenvalue weighted by Crippen LogP contribution is 2.25. The summed E-state index contributed by atoms with van der Waals surface area (Å²) in [5.74, 6) is -3.98. The second kappa shape index (κ2) is 4.21. The fraction of sp³-hybridized carbons (Fsp3) is 0.182. The Morgan fingerprint density at radius 3 is 2.24 bits per heavy atom. The molecule has 6 heteroatoms. The van der Waals surface area contributed by atoms with Crippen LogP contribution in [0.3, 0.4) is 0 Å². The average Bonchev–Trinajstić information content (AvgIpc) is 2.74. The van der Waals surface area contributed by atoms with E-state index in [1.54, 1.807) is 0 Å². The van der Waals surface area contributed by atoms with Crippen LogP contribution in [0.2, 0.25) is 0 Å². The largest absolute Gasteiger partial charge is 0.385 e. The Balaban J connectivity index is 2.46. The maximum atomic E-state index is 13.0. The van der Waals surface area contributed by atoms with Crippen molar-refractivity contribution >= 4 is 0 Å². The summed E-state index contributed by atoms with van der Waals surface area (Å²) in [4.78, 5) is 0. The van der Waals surface area contributed by atoms with Crippen LogP contribution < -0.4 is 0 Å². The second-order valence-electron chi connectivity index (χ2n) is 3.54. The predicted octanol–water partition coefficient (Wildman–Crippen LogP) is 2.81. The average molecular weight is 243 g/mol. The first-order valence-electron chi connectivity index (χ1n) is 4.78. The summed E-state index contributed by atoms with van der Waals surface area (Å²) in [6.07, 6.45) is -0.883. The molecule has 0 spiro atoms. The SMILES string of the molecule is CC(O)c1cc(-c2cc(F)c(F)c(F)c2)no1. The van der Waals surface area contributed by atoms with Gasteiger partial charge in [0.25, 0.3) is 0 Å². The maximum Gasteiger partial charge on any atom is 0.194 e. The van der Waals surface area contributed by atoms with Crippen molar-refractivity contribution in [3.63, 3.8) is 0 Å². The van der Waals surface area contributed by atoms with E-state index < -0.39 is 23.6 Å². The summed E-state index contributed by atoms with van der Waals surface area (Å²) in [6, 6.07) is 2.95. The van der Waals surface area contributed by atoms with Gasteiger partial charge in [-0.15, -0.1) is 0 Å². The third-order valence-corrected chi connectivity index (χ3v) is 2.22. The Bertz CT molecular complexity index is 528. The van der Waals surface area contributed by atoms with Gasteiger partial charge in [0, 0.05) is 11.6 Å². The molecule has 0 aliphatic rings. The Morgan fingerprint density at radius 1 is 1.18 bits per heavy atom. The monoisotopic (exact) mass is 243 g/mol. The van der Waals surface area contributed by atoms with E-state index >= 15 is 0 Å². The van der Waals surface area contributed by atoms with Crippen molar-refractivity contribution in [1.29, 1.82) is 0 Å². The van der Waals surface area contributed by atoms with Crippen molar-refractivity contribution in [3.05, 3.63) is 41.4 Å². The van der Waals surface area contributed by atoms with Crippen molar-refractivity contribution in [1.82, 2.24) is 5.16 Å². The fourth-order valence-corrected chi connectivity index (χ4v) is 1.33. The molecule has 0 aliphatic heterocycles. The molecule has 2 rings (SSSR count). The molecule has 1 N–H and O–H groups in total. The number of hydrogen-bond acceptors (Lipinski definition) is 3. The Labute approximate surface area is 94.5 Å². The quantitative estimate of drug-likeness (QED) is 0.825. The first-order valence-corrected chi connectivity index (χ1v) is 4.78. The van der Waals surface area contributed by atoms with Crippen LogP contribution in [0.4, 0.5) is 13.2 Å². The van der Waals surface area contributed by atoms with Crippen molar-refractivity contribution in [2.45, 2.75) is 13.0 Å². The Morgan fingerprint density at radius 2 is 1.76 bits per heavy atom. The zero-order valence-corrected chi connectivity index (χ0v) is 8.75. The van der Waals surface area contributed by atoms with E-state index in [0.717, 1.165) is 12.1 Å². The number of rotatable bonds is 2. The number of aliphatic hydroxyl groups is 1. The third-order valence-electron chi connectivity index (χ3n) is 2.22. The summed E-state index contributed by atoms with van der Waals surface area (Å²) in [6.45, 7) is 1.45. The molecular weight excluding hydrogens is 235 g/mol. The highest BCUT2D eigenvalue weighted by Gasteiger charge is 2.15. The molecule has 90 valence electrons. The minimum absolute atomic E-state index is 0.0389. The van der Waals surface area contributed by atoms with Crippen LogP contribution in [0.1, 0.15) is 18.8 Å². The molecule has 0 fully saturated rings. The molecule has 2 aromatic rings. The lowest BCUT2D eigenvalue weighted by atomic mass is 10.1. The van der Waals surface area contributed by atoms with Gasteiger partial charge >= 0.3 is 0 Å². The van der Waals surface area contributed by atoms with Crippen LogP contribution in [0.5, 0.6) is 0 Å². The predicted molar refractivity (Wildman–Crippen MR) is 52.4 cm³/mol. The van der Waals surface area contributed by atoms with Gasteiger partial charge in [0.05, 0.1) is 0 Å². The zero-order chi connectivity index (χ0) is 12.6. The first kappa shape index (κ1) is 11.7. The van der Waals surface area contributed by atoms with Gasteiger partial charge in [-0.3, -0.25) is 0 Å². The van der Waals surface area contributed by atoms with Gasteiger partial charge in [-0.2, -0.15) is 0 Å². The molecule has 0 saturated heterocycles. The van der Waals surface area contributed by atoms with Crippen LogP contribution in [-0.4, -0.2) is 10.3 Å². The van der Waals surface area contributed by atoms with Gasteiger partial charge in [0.1, 0.15) is 11.8 Å². The number of halogens is 3. The van der Waals surface area contributed by atoms with Gasteiger partial charge in [0.15, 0.2) is 23.2 Å². The van der Waals surface area contributed by atoms with Gasteiger partial charge in [-0.05, 0) is 19.1 Å². The lowest BCUT2D eigenvalue weighted by molar-refractivity contribution is 0.158. The molecule has 1 aromatic heterocycles. The highest BCUT2D eigenvalue weighted by molar-refractivity contribution is 5.59. The lowest BCUT2D eigenvalue weighted by Crippen LogP contribution is -1.91. The Hall–Kier alpha value is -1.82. The highest BCUT2D eigenvalue weighted by atomic mass is 19.2. The smallest absolute Gasteiger partial charge is 0.194 e. The number of aromatic nitrogens is 1. The molecule has 0 amide bonds. The van der Waals surface area contributed by atoms with Gasteiger partial charge in [-0.1, -0.05) is 5.16 Å². The molecule has 1 heterocycles. The van der Waals surface area contributed by atoms with Crippen LogP contribution in [0.25, 0.3) is 11.3 Å². The number of aliphatic hydroxyl groups excluding tert-OH is 1. The molecule has 1 aromatic carbocycles. The normalized spacial score (nSPS) is 12.8. The van der Waals surface area contributed by atoms with E-state index in [1.165, 1.54) is 13.0 Å². The van der Waals surface area contributed by atoms with Crippen LogP contribution >= 0.6 is 0 Å². The molecule has 0 radical (unpaired) electrons. The summed E-state index contributed by atoms with van der Waals surface area (Å²) in [7, 11) is 0.